The second-order valence-electron chi connectivity index (χ2n) is 6.06. The molecule has 0 spiro atoms. The summed E-state index contributed by atoms with van der Waals surface area (Å²) in [5.41, 5.74) is 0. The standard InChI is InChI=1S/C15H30N2O2/c1-12(2)16-14(15(18)19-4)8-11-17-9-5-6-13(3)7-10-17/h12-14,16H,5-11H2,1-4H3. The number of ether oxygens (including phenoxy) is 1. The van der Waals surface area contributed by atoms with Crippen LogP contribution in [0.3, 0.4) is 0 Å². The number of methoxy groups -OCH3 is 1. The highest BCUT2D eigenvalue weighted by Gasteiger charge is 2.21. The third-order valence-corrected chi connectivity index (χ3v) is 3.86. The van der Waals surface area contributed by atoms with E-state index in [1.165, 1.54) is 32.9 Å². The molecule has 1 saturated heterocycles. The molecule has 0 aromatic carbocycles. The molecule has 1 aliphatic heterocycles. The maximum atomic E-state index is 11.7. The van der Waals surface area contributed by atoms with Crippen LogP contribution in [0.1, 0.15) is 46.5 Å². The number of carbonyl (C=O) groups is 1. The Morgan fingerprint density at radius 3 is 2.74 bits per heavy atom. The molecule has 0 bridgehead atoms. The minimum atomic E-state index is -0.175. The molecule has 2 atom stereocenters. The monoisotopic (exact) mass is 270 g/mol. The molecule has 0 aliphatic carbocycles. The Morgan fingerprint density at radius 2 is 2.11 bits per heavy atom. The lowest BCUT2D eigenvalue weighted by Gasteiger charge is -2.24. The van der Waals surface area contributed by atoms with Gasteiger partial charge in [0.1, 0.15) is 6.04 Å². The van der Waals surface area contributed by atoms with Crippen molar-refractivity contribution in [3.05, 3.63) is 0 Å². The first-order valence-electron chi connectivity index (χ1n) is 7.59. The van der Waals surface area contributed by atoms with Crippen LogP contribution < -0.4 is 5.32 Å². The molecule has 1 fully saturated rings. The molecule has 0 radical (unpaired) electrons. The minimum Gasteiger partial charge on any atom is -0.468 e. The van der Waals surface area contributed by atoms with Gasteiger partial charge in [0.25, 0.3) is 0 Å². The van der Waals surface area contributed by atoms with Crippen LogP contribution >= 0.6 is 0 Å². The number of nitrogens with one attached hydrogen (secondary N) is 1. The van der Waals surface area contributed by atoms with E-state index in [1.807, 2.05) is 0 Å². The highest BCUT2D eigenvalue weighted by atomic mass is 16.5. The van der Waals surface area contributed by atoms with E-state index < -0.39 is 0 Å². The molecule has 0 aromatic heterocycles. The van der Waals surface area contributed by atoms with Crippen LogP contribution in [0.5, 0.6) is 0 Å². The first kappa shape index (κ1) is 16.4. The van der Waals surface area contributed by atoms with E-state index in [1.54, 1.807) is 0 Å². The van der Waals surface area contributed by atoms with Crippen molar-refractivity contribution in [3.63, 3.8) is 0 Å². The number of hydrogen-bond donors (Lipinski definition) is 1. The lowest BCUT2D eigenvalue weighted by molar-refractivity contribution is -0.143. The van der Waals surface area contributed by atoms with E-state index >= 15 is 0 Å². The van der Waals surface area contributed by atoms with E-state index in [0.717, 1.165) is 25.4 Å². The highest BCUT2D eigenvalue weighted by molar-refractivity contribution is 5.75. The maximum absolute atomic E-state index is 11.7. The van der Waals surface area contributed by atoms with Crippen molar-refractivity contribution in [2.24, 2.45) is 5.92 Å². The average Bonchev–Trinajstić information content (AvgIpc) is 2.58. The van der Waals surface area contributed by atoms with Crippen LogP contribution in [-0.2, 0) is 9.53 Å². The molecule has 112 valence electrons. The van der Waals surface area contributed by atoms with Gasteiger partial charge in [0.05, 0.1) is 7.11 Å². The van der Waals surface area contributed by atoms with Crippen LogP contribution in [0.25, 0.3) is 0 Å². The van der Waals surface area contributed by atoms with Gasteiger partial charge in [-0.1, -0.05) is 20.8 Å². The van der Waals surface area contributed by atoms with Gasteiger partial charge in [0, 0.05) is 12.6 Å². The van der Waals surface area contributed by atoms with E-state index in [2.05, 4.69) is 31.0 Å². The highest BCUT2D eigenvalue weighted by Crippen LogP contribution is 2.16. The molecule has 1 heterocycles. The molecule has 1 aliphatic rings. The van der Waals surface area contributed by atoms with Crippen LogP contribution in [0.4, 0.5) is 0 Å². The zero-order chi connectivity index (χ0) is 14.3. The second kappa shape index (κ2) is 8.54. The fourth-order valence-electron chi connectivity index (χ4n) is 2.67. The smallest absolute Gasteiger partial charge is 0.322 e. The van der Waals surface area contributed by atoms with Gasteiger partial charge in [-0.05, 0) is 44.7 Å². The Kier molecular flexibility index (Phi) is 7.39. The molecular formula is C15H30N2O2. The largest absolute Gasteiger partial charge is 0.468 e. The first-order valence-corrected chi connectivity index (χ1v) is 7.59. The predicted molar refractivity (Wildman–Crippen MR) is 78.1 cm³/mol. The number of likely N-dealkylation sites (tertiary alicyclic amines) is 1. The molecule has 2 unspecified atom stereocenters. The van der Waals surface area contributed by atoms with Crippen molar-refractivity contribution in [3.8, 4) is 0 Å². The summed E-state index contributed by atoms with van der Waals surface area (Å²) >= 11 is 0. The molecule has 0 amide bonds. The Morgan fingerprint density at radius 1 is 1.37 bits per heavy atom. The normalized spacial score (nSPS) is 23.1. The lowest BCUT2D eigenvalue weighted by atomic mass is 10.0. The molecule has 4 nitrogen and oxygen atoms in total. The van der Waals surface area contributed by atoms with Gasteiger partial charge in [-0.3, -0.25) is 4.79 Å². The van der Waals surface area contributed by atoms with Crippen molar-refractivity contribution in [2.45, 2.75) is 58.5 Å². The minimum absolute atomic E-state index is 0.142. The Balaban J connectivity index is 2.39. The third kappa shape index (κ3) is 6.39. The third-order valence-electron chi connectivity index (χ3n) is 3.86. The quantitative estimate of drug-likeness (QED) is 0.750. The summed E-state index contributed by atoms with van der Waals surface area (Å²) in [6.45, 7) is 9.76. The van der Waals surface area contributed by atoms with E-state index in [9.17, 15) is 4.79 Å². The van der Waals surface area contributed by atoms with Crippen LogP contribution in [0.15, 0.2) is 0 Å². The predicted octanol–water partition coefficient (Wildman–Crippen LogP) is 2.04. The van der Waals surface area contributed by atoms with Crippen LogP contribution in [0.2, 0.25) is 0 Å². The average molecular weight is 270 g/mol. The van der Waals surface area contributed by atoms with Crippen molar-refractivity contribution in [2.75, 3.05) is 26.7 Å². The SMILES string of the molecule is COC(=O)C(CCN1CCCC(C)CC1)NC(C)C. The summed E-state index contributed by atoms with van der Waals surface area (Å²) in [6.07, 6.45) is 4.72. The Bertz CT molecular complexity index is 269. The van der Waals surface area contributed by atoms with Crippen molar-refractivity contribution in [1.82, 2.24) is 10.2 Å². The second-order valence-corrected chi connectivity index (χ2v) is 6.06. The first-order chi connectivity index (χ1) is 9.02. The molecule has 0 saturated carbocycles. The number of esters is 1. The van der Waals surface area contributed by atoms with E-state index in [4.69, 9.17) is 4.74 Å². The van der Waals surface area contributed by atoms with E-state index in [-0.39, 0.29) is 12.0 Å². The Labute approximate surface area is 117 Å². The van der Waals surface area contributed by atoms with Gasteiger partial charge < -0.3 is 15.0 Å². The number of rotatable bonds is 6. The number of nitrogens with zero attached hydrogens (tertiary/aromatic N) is 1. The van der Waals surface area contributed by atoms with Gasteiger partial charge in [-0.15, -0.1) is 0 Å². The van der Waals surface area contributed by atoms with Crippen LogP contribution in [-0.4, -0.2) is 49.7 Å². The van der Waals surface area contributed by atoms with Crippen molar-refractivity contribution < 1.29 is 9.53 Å². The van der Waals surface area contributed by atoms with Gasteiger partial charge in [-0.2, -0.15) is 0 Å². The molecule has 1 rings (SSSR count). The zero-order valence-corrected chi connectivity index (χ0v) is 12.9. The molecule has 1 N–H and O–H groups in total. The molecule has 0 aromatic rings. The maximum Gasteiger partial charge on any atom is 0.322 e. The summed E-state index contributed by atoms with van der Waals surface area (Å²) in [4.78, 5) is 14.2. The van der Waals surface area contributed by atoms with Crippen molar-refractivity contribution in [1.29, 1.82) is 0 Å². The number of carbonyl (C=O) groups excluding carboxylic acids is 1. The summed E-state index contributed by atoms with van der Waals surface area (Å²) in [5, 5.41) is 3.29. The van der Waals surface area contributed by atoms with Gasteiger partial charge in [0.15, 0.2) is 0 Å². The van der Waals surface area contributed by atoms with Crippen molar-refractivity contribution >= 4 is 5.97 Å². The van der Waals surface area contributed by atoms with Gasteiger partial charge in [-0.25, -0.2) is 0 Å². The Hall–Kier alpha value is -0.610. The summed E-state index contributed by atoms with van der Waals surface area (Å²) in [5.74, 6) is 0.701. The summed E-state index contributed by atoms with van der Waals surface area (Å²) < 4.78 is 4.87. The van der Waals surface area contributed by atoms with Gasteiger partial charge in [0.2, 0.25) is 0 Å². The molecule has 4 heteroatoms. The van der Waals surface area contributed by atoms with Crippen LogP contribution in [0, 0.1) is 5.92 Å². The van der Waals surface area contributed by atoms with Gasteiger partial charge >= 0.3 is 5.97 Å². The molecule has 19 heavy (non-hydrogen) atoms. The lowest BCUT2D eigenvalue weighted by Crippen LogP contribution is -2.44. The fraction of sp³-hybridized carbons (Fsp3) is 0.933. The number of hydrogen-bond acceptors (Lipinski definition) is 4. The van der Waals surface area contributed by atoms with E-state index in [0.29, 0.717) is 6.04 Å². The fourth-order valence-corrected chi connectivity index (χ4v) is 2.67. The summed E-state index contributed by atoms with van der Waals surface area (Å²) in [6, 6.07) is 0.124. The zero-order valence-electron chi connectivity index (χ0n) is 12.9. The summed E-state index contributed by atoms with van der Waals surface area (Å²) in [7, 11) is 1.46. The molecular weight excluding hydrogens is 240 g/mol. The topological polar surface area (TPSA) is 41.6 Å².